The van der Waals surface area contributed by atoms with Crippen molar-refractivity contribution in [2.75, 3.05) is 7.05 Å². The first-order valence-electron chi connectivity index (χ1n) is 6.12. The predicted octanol–water partition coefficient (Wildman–Crippen LogP) is 3.56. The second-order valence-electron chi connectivity index (χ2n) is 4.27. The molecule has 0 aliphatic rings. The zero-order valence-electron chi connectivity index (χ0n) is 10.7. The van der Waals surface area contributed by atoms with Gasteiger partial charge in [-0.05, 0) is 36.7 Å². The fourth-order valence-corrected chi connectivity index (χ4v) is 2.11. The fourth-order valence-electron chi connectivity index (χ4n) is 2.11. The van der Waals surface area contributed by atoms with Crippen molar-refractivity contribution in [1.82, 2.24) is 10.3 Å². The van der Waals surface area contributed by atoms with Gasteiger partial charge in [0.2, 0.25) is 0 Å². The van der Waals surface area contributed by atoms with Gasteiger partial charge in [0.1, 0.15) is 5.82 Å². The Morgan fingerprint density at radius 2 is 2.06 bits per heavy atom. The van der Waals surface area contributed by atoms with Gasteiger partial charge in [-0.15, -0.1) is 0 Å². The average molecular weight is 244 g/mol. The molecule has 1 heterocycles. The molecule has 0 radical (unpaired) electrons. The van der Waals surface area contributed by atoms with E-state index in [1.165, 1.54) is 17.8 Å². The summed E-state index contributed by atoms with van der Waals surface area (Å²) in [5, 5.41) is 3.27. The molecular formula is C15H17FN2. The Labute approximate surface area is 107 Å². The Bertz CT molecular complexity index is 521. The van der Waals surface area contributed by atoms with E-state index in [-0.39, 0.29) is 5.82 Å². The van der Waals surface area contributed by atoms with Crippen molar-refractivity contribution in [2.45, 2.75) is 19.4 Å². The standard InChI is InChI=1S/C15H17FN2/c1-3-15(17-2)12-6-4-5-11(7-12)13-8-14(16)10-18-9-13/h4-10,15,17H,3H2,1-2H3. The number of benzene rings is 1. The van der Waals surface area contributed by atoms with Gasteiger partial charge in [-0.1, -0.05) is 25.1 Å². The number of nitrogens with one attached hydrogen (secondary N) is 1. The SMILES string of the molecule is CCC(NC)c1cccc(-c2cncc(F)c2)c1. The number of rotatable bonds is 4. The number of halogens is 1. The maximum atomic E-state index is 13.2. The molecule has 0 amide bonds. The van der Waals surface area contributed by atoms with Gasteiger partial charge >= 0.3 is 0 Å². The molecule has 1 aromatic heterocycles. The van der Waals surface area contributed by atoms with Gasteiger partial charge in [-0.3, -0.25) is 4.98 Å². The van der Waals surface area contributed by atoms with Crippen molar-refractivity contribution in [1.29, 1.82) is 0 Å². The summed E-state index contributed by atoms with van der Waals surface area (Å²) < 4.78 is 13.2. The molecule has 1 atom stereocenters. The lowest BCUT2D eigenvalue weighted by molar-refractivity contribution is 0.577. The first-order valence-corrected chi connectivity index (χ1v) is 6.12. The summed E-state index contributed by atoms with van der Waals surface area (Å²) in [7, 11) is 1.95. The van der Waals surface area contributed by atoms with Crippen LogP contribution >= 0.6 is 0 Å². The van der Waals surface area contributed by atoms with Crippen molar-refractivity contribution >= 4 is 0 Å². The lowest BCUT2D eigenvalue weighted by atomic mass is 9.99. The average Bonchev–Trinajstić information content (AvgIpc) is 2.41. The summed E-state index contributed by atoms with van der Waals surface area (Å²) in [4.78, 5) is 3.88. The molecule has 0 fully saturated rings. The van der Waals surface area contributed by atoms with E-state index in [0.717, 1.165) is 17.5 Å². The van der Waals surface area contributed by atoms with Crippen LogP contribution in [0, 0.1) is 5.82 Å². The van der Waals surface area contributed by atoms with Crippen molar-refractivity contribution in [2.24, 2.45) is 0 Å². The molecule has 0 aliphatic carbocycles. The molecule has 2 nitrogen and oxygen atoms in total. The van der Waals surface area contributed by atoms with E-state index >= 15 is 0 Å². The number of aromatic nitrogens is 1. The van der Waals surface area contributed by atoms with E-state index in [9.17, 15) is 4.39 Å². The molecule has 1 N–H and O–H groups in total. The van der Waals surface area contributed by atoms with E-state index in [4.69, 9.17) is 0 Å². The van der Waals surface area contributed by atoms with Crippen LogP contribution in [0.5, 0.6) is 0 Å². The molecule has 18 heavy (non-hydrogen) atoms. The number of hydrogen-bond acceptors (Lipinski definition) is 2. The molecule has 2 aromatic rings. The summed E-state index contributed by atoms with van der Waals surface area (Å²) in [6, 6.07) is 9.97. The van der Waals surface area contributed by atoms with Crippen LogP contribution in [0.3, 0.4) is 0 Å². The lowest BCUT2D eigenvalue weighted by Gasteiger charge is -2.15. The normalized spacial score (nSPS) is 12.4. The highest BCUT2D eigenvalue weighted by Crippen LogP contribution is 2.24. The third-order valence-corrected chi connectivity index (χ3v) is 3.08. The van der Waals surface area contributed by atoms with Crippen LogP contribution < -0.4 is 5.32 Å². The van der Waals surface area contributed by atoms with E-state index in [0.29, 0.717) is 6.04 Å². The van der Waals surface area contributed by atoms with Crippen LogP contribution in [-0.2, 0) is 0 Å². The van der Waals surface area contributed by atoms with Gasteiger partial charge in [-0.25, -0.2) is 4.39 Å². The Morgan fingerprint density at radius 3 is 2.72 bits per heavy atom. The first-order chi connectivity index (χ1) is 8.74. The van der Waals surface area contributed by atoms with Crippen molar-refractivity contribution in [3.05, 3.63) is 54.1 Å². The number of hydrogen-bond donors (Lipinski definition) is 1. The molecule has 3 heteroatoms. The summed E-state index contributed by atoms with van der Waals surface area (Å²) in [6.45, 7) is 2.14. The minimum atomic E-state index is -0.307. The Hall–Kier alpha value is -1.74. The summed E-state index contributed by atoms with van der Waals surface area (Å²) in [5.74, 6) is -0.307. The van der Waals surface area contributed by atoms with Gasteiger partial charge in [0.15, 0.2) is 0 Å². The minimum absolute atomic E-state index is 0.307. The molecule has 0 saturated heterocycles. The topological polar surface area (TPSA) is 24.9 Å². The Morgan fingerprint density at radius 1 is 1.22 bits per heavy atom. The second-order valence-corrected chi connectivity index (χ2v) is 4.27. The van der Waals surface area contributed by atoms with Crippen molar-refractivity contribution in [3.8, 4) is 11.1 Å². The number of nitrogens with zero attached hydrogens (tertiary/aromatic N) is 1. The van der Waals surface area contributed by atoms with Crippen LogP contribution in [0.15, 0.2) is 42.7 Å². The summed E-state index contributed by atoms with van der Waals surface area (Å²) in [6.07, 6.45) is 3.92. The molecule has 1 aromatic carbocycles. The largest absolute Gasteiger partial charge is 0.313 e. The predicted molar refractivity (Wildman–Crippen MR) is 71.7 cm³/mol. The van der Waals surface area contributed by atoms with Gasteiger partial charge in [0.05, 0.1) is 6.20 Å². The molecule has 0 bridgehead atoms. The van der Waals surface area contributed by atoms with E-state index in [1.807, 2.05) is 19.2 Å². The highest BCUT2D eigenvalue weighted by atomic mass is 19.1. The molecule has 0 saturated carbocycles. The van der Waals surface area contributed by atoms with Crippen LogP contribution in [0.1, 0.15) is 24.9 Å². The van der Waals surface area contributed by atoms with Crippen LogP contribution in [0.2, 0.25) is 0 Å². The zero-order chi connectivity index (χ0) is 13.0. The summed E-state index contributed by atoms with van der Waals surface area (Å²) >= 11 is 0. The molecule has 2 rings (SSSR count). The smallest absolute Gasteiger partial charge is 0.142 e. The number of pyridine rings is 1. The highest BCUT2D eigenvalue weighted by molar-refractivity contribution is 5.63. The first kappa shape index (κ1) is 12.7. The van der Waals surface area contributed by atoms with E-state index in [2.05, 4.69) is 29.4 Å². The summed E-state index contributed by atoms with van der Waals surface area (Å²) in [5.41, 5.74) is 3.01. The van der Waals surface area contributed by atoms with Crippen molar-refractivity contribution < 1.29 is 4.39 Å². The fraction of sp³-hybridized carbons (Fsp3) is 0.267. The van der Waals surface area contributed by atoms with Gasteiger partial charge < -0.3 is 5.32 Å². The quantitative estimate of drug-likeness (QED) is 0.889. The molecule has 0 spiro atoms. The molecule has 0 aliphatic heterocycles. The van der Waals surface area contributed by atoms with Gasteiger partial charge in [-0.2, -0.15) is 0 Å². The minimum Gasteiger partial charge on any atom is -0.313 e. The van der Waals surface area contributed by atoms with E-state index < -0.39 is 0 Å². The highest BCUT2D eigenvalue weighted by Gasteiger charge is 2.08. The van der Waals surface area contributed by atoms with Crippen LogP contribution in [0.25, 0.3) is 11.1 Å². The maximum Gasteiger partial charge on any atom is 0.142 e. The third-order valence-electron chi connectivity index (χ3n) is 3.08. The lowest BCUT2D eigenvalue weighted by Crippen LogP contribution is -2.15. The monoisotopic (exact) mass is 244 g/mol. The van der Waals surface area contributed by atoms with E-state index in [1.54, 1.807) is 6.20 Å². The van der Waals surface area contributed by atoms with Gasteiger partial charge in [0.25, 0.3) is 0 Å². The molecule has 1 unspecified atom stereocenters. The Balaban J connectivity index is 2.38. The third kappa shape index (κ3) is 2.74. The molecular weight excluding hydrogens is 227 g/mol. The molecule has 94 valence electrons. The van der Waals surface area contributed by atoms with Crippen LogP contribution in [0.4, 0.5) is 4.39 Å². The van der Waals surface area contributed by atoms with Crippen LogP contribution in [-0.4, -0.2) is 12.0 Å². The maximum absolute atomic E-state index is 13.2. The van der Waals surface area contributed by atoms with Gasteiger partial charge in [0, 0.05) is 17.8 Å². The van der Waals surface area contributed by atoms with Crippen molar-refractivity contribution in [3.63, 3.8) is 0 Å². The Kier molecular flexibility index (Phi) is 4.05. The zero-order valence-corrected chi connectivity index (χ0v) is 10.7. The second kappa shape index (κ2) is 5.74.